The molecule has 0 rings (SSSR count). The first-order valence-corrected chi connectivity index (χ1v) is 3.91. The molecule has 0 radical (unpaired) electrons. The molecule has 0 aromatic rings. The summed E-state index contributed by atoms with van der Waals surface area (Å²) in [5, 5.41) is 8.26. The van der Waals surface area contributed by atoms with Gasteiger partial charge in [0.15, 0.2) is 0 Å². The molecule has 0 bridgehead atoms. The normalized spacial score (nSPS) is 10.6. The zero-order valence-electron chi connectivity index (χ0n) is 7.46. The predicted octanol–water partition coefficient (Wildman–Crippen LogP) is 1.80. The number of nitriles is 1. The number of carbonyl (C=O) groups excluding carboxylic acids is 1. The minimum atomic E-state index is -0.205. The van der Waals surface area contributed by atoms with E-state index in [0.29, 0.717) is 19.4 Å². The van der Waals surface area contributed by atoms with Crippen LogP contribution in [0.3, 0.4) is 0 Å². The van der Waals surface area contributed by atoms with Gasteiger partial charge < -0.3 is 4.74 Å². The Balaban J connectivity index is 3.63. The van der Waals surface area contributed by atoms with Crippen LogP contribution in [0.4, 0.5) is 0 Å². The Morgan fingerprint density at radius 1 is 1.58 bits per heavy atom. The third kappa shape index (κ3) is 5.48. The molecule has 0 heterocycles. The second-order valence-electron chi connectivity index (χ2n) is 2.42. The van der Waals surface area contributed by atoms with E-state index in [9.17, 15) is 4.79 Å². The second-order valence-corrected chi connectivity index (χ2v) is 2.42. The summed E-state index contributed by atoms with van der Waals surface area (Å²) < 4.78 is 4.72. The van der Waals surface area contributed by atoms with E-state index < -0.39 is 0 Å². The molecule has 0 aromatic heterocycles. The molecule has 0 saturated carbocycles. The molecule has 0 saturated heterocycles. The zero-order chi connectivity index (χ0) is 9.40. The van der Waals surface area contributed by atoms with Crippen molar-refractivity contribution >= 4 is 5.97 Å². The van der Waals surface area contributed by atoms with Gasteiger partial charge in [0.05, 0.1) is 12.7 Å². The summed E-state index contributed by atoms with van der Waals surface area (Å²) in [4.78, 5) is 10.8. The number of nitrogens with zero attached hydrogens (tertiary/aromatic N) is 1. The summed E-state index contributed by atoms with van der Waals surface area (Å²) in [6.07, 6.45) is 2.41. The van der Waals surface area contributed by atoms with Crippen LogP contribution in [-0.2, 0) is 9.53 Å². The van der Waals surface area contributed by atoms with E-state index >= 15 is 0 Å². The lowest BCUT2D eigenvalue weighted by Gasteiger charge is -2.00. The molecule has 0 unspecified atom stereocenters. The van der Waals surface area contributed by atoms with Crippen LogP contribution in [0.15, 0.2) is 11.6 Å². The topological polar surface area (TPSA) is 50.1 Å². The summed E-state index contributed by atoms with van der Waals surface area (Å²) in [6.45, 7) is 4.01. The Morgan fingerprint density at radius 3 is 2.75 bits per heavy atom. The third-order valence-corrected chi connectivity index (χ3v) is 1.34. The largest absolute Gasteiger partial charge is 0.466 e. The molecule has 66 valence electrons. The Bertz CT molecular complexity index is 213. The van der Waals surface area contributed by atoms with Crippen LogP contribution in [0.1, 0.15) is 26.7 Å². The van der Waals surface area contributed by atoms with Crippen molar-refractivity contribution in [3.8, 4) is 6.07 Å². The van der Waals surface area contributed by atoms with Gasteiger partial charge in [0, 0.05) is 12.5 Å². The van der Waals surface area contributed by atoms with E-state index in [4.69, 9.17) is 10.00 Å². The van der Waals surface area contributed by atoms with Crippen molar-refractivity contribution in [2.24, 2.45) is 0 Å². The molecule has 0 aliphatic carbocycles. The van der Waals surface area contributed by atoms with Crippen LogP contribution in [0.2, 0.25) is 0 Å². The molecule has 0 aliphatic heterocycles. The summed E-state index contributed by atoms with van der Waals surface area (Å²) in [5.41, 5.74) is 0.908. The van der Waals surface area contributed by atoms with E-state index in [1.165, 1.54) is 6.08 Å². The zero-order valence-corrected chi connectivity index (χ0v) is 7.46. The van der Waals surface area contributed by atoms with Crippen LogP contribution in [0.5, 0.6) is 0 Å². The third-order valence-electron chi connectivity index (χ3n) is 1.34. The van der Waals surface area contributed by atoms with Crippen molar-refractivity contribution in [2.45, 2.75) is 26.7 Å². The first-order valence-electron chi connectivity index (χ1n) is 3.91. The number of hydrogen-bond acceptors (Lipinski definition) is 3. The Labute approximate surface area is 72.6 Å². The number of ether oxygens (including phenoxy) is 1. The van der Waals surface area contributed by atoms with Crippen LogP contribution >= 0.6 is 0 Å². The molecule has 0 amide bonds. The lowest BCUT2D eigenvalue weighted by Crippen LogP contribution is -2.03. The van der Waals surface area contributed by atoms with E-state index in [-0.39, 0.29) is 5.97 Å². The van der Waals surface area contributed by atoms with Gasteiger partial charge in [0.25, 0.3) is 0 Å². The van der Waals surface area contributed by atoms with Crippen molar-refractivity contribution in [3.63, 3.8) is 0 Å². The Hall–Kier alpha value is -1.30. The Morgan fingerprint density at radius 2 is 2.25 bits per heavy atom. The van der Waals surface area contributed by atoms with Crippen LogP contribution in [0.25, 0.3) is 0 Å². The van der Waals surface area contributed by atoms with Gasteiger partial charge in [0.2, 0.25) is 0 Å². The molecule has 0 atom stereocenters. The summed E-state index contributed by atoms with van der Waals surface area (Å²) in [7, 11) is 0. The van der Waals surface area contributed by atoms with Gasteiger partial charge in [0.1, 0.15) is 0 Å². The molecule has 0 spiro atoms. The van der Waals surface area contributed by atoms with E-state index in [2.05, 4.69) is 0 Å². The average molecular weight is 167 g/mol. The van der Waals surface area contributed by atoms with Gasteiger partial charge in [-0.15, -0.1) is 0 Å². The smallest absolute Gasteiger partial charge is 0.306 e. The summed E-state index contributed by atoms with van der Waals surface area (Å²) in [6, 6.07) is 1.91. The Kier molecular flexibility index (Phi) is 5.72. The molecule has 0 fully saturated rings. The summed E-state index contributed by atoms with van der Waals surface area (Å²) in [5.74, 6) is -0.205. The van der Waals surface area contributed by atoms with Gasteiger partial charge >= 0.3 is 5.97 Å². The number of esters is 1. The van der Waals surface area contributed by atoms with Crippen LogP contribution in [-0.4, -0.2) is 12.6 Å². The highest BCUT2D eigenvalue weighted by atomic mass is 16.5. The highest BCUT2D eigenvalue weighted by molar-refractivity contribution is 5.69. The fourth-order valence-corrected chi connectivity index (χ4v) is 0.715. The van der Waals surface area contributed by atoms with Crippen molar-refractivity contribution < 1.29 is 9.53 Å². The van der Waals surface area contributed by atoms with Gasteiger partial charge in [-0.2, -0.15) is 5.26 Å². The highest BCUT2D eigenvalue weighted by Crippen LogP contribution is 2.03. The van der Waals surface area contributed by atoms with Crippen LogP contribution < -0.4 is 0 Å². The maximum Gasteiger partial charge on any atom is 0.306 e. The van der Waals surface area contributed by atoms with Crippen LogP contribution in [0, 0.1) is 11.3 Å². The highest BCUT2D eigenvalue weighted by Gasteiger charge is 2.00. The lowest BCUT2D eigenvalue weighted by molar-refractivity contribution is -0.143. The maximum atomic E-state index is 10.8. The van der Waals surface area contributed by atoms with E-state index in [1.807, 2.05) is 13.0 Å². The number of rotatable bonds is 4. The summed E-state index contributed by atoms with van der Waals surface area (Å²) >= 11 is 0. The van der Waals surface area contributed by atoms with Crippen molar-refractivity contribution in [3.05, 3.63) is 11.6 Å². The maximum absolute atomic E-state index is 10.8. The lowest BCUT2D eigenvalue weighted by atomic mass is 10.1. The first kappa shape index (κ1) is 10.7. The van der Waals surface area contributed by atoms with Crippen molar-refractivity contribution in [2.75, 3.05) is 6.61 Å². The molecule has 0 aromatic carbocycles. The number of carbonyl (C=O) groups is 1. The standard InChI is InChI=1S/C9H13NO2/c1-3-12-9(11)5-4-8(2)6-7-10/h6H,3-5H2,1-2H3/b8-6+. The fraction of sp³-hybridized carbons (Fsp3) is 0.556. The van der Waals surface area contributed by atoms with Gasteiger partial charge in [-0.3, -0.25) is 4.79 Å². The predicted molar refractivity (Wildman–Crippen MR) is 45.2 cm³/mol. The van der Waals surface area contributed by atoms with Crippen molar-refractivity contribution in [1.29, 1.82) is 5.26 Å². The van der Waals surface area contributed by atoms with E-state index in [0.717, 1.165) is 5.57 Å². The number of allylic oxidation sites excluding steroid dienone is 2. The van der Waals surface area contributed by atoms with Gasteiger partial charge in [-0.05, 0) is 20.3 Å². The monoisotopic (exact) mass is 167 g/mol. The van der Waals surface area contributed by atoms with Gasteiger partial charge in [-0.1, -0.05) is 5.57 Å². The van der Waals surface area contributed by atoms with Crippen molar-refractivity contribution in [1.82, 2.24) is 0 Å². The minimum absolute atomic E-state index is 0.205. The van der Waals surface area contributed by atoms with Gasteiger partial charge in [-0.25, -0.2) is 0 Å². The number of hydrogen-bond donors (Lipinski definition) is 0. The molecule has 0 aliphatic rings. The molecule has 3 nitrogen and oxygen atoms in total. The quantitative estimate of drug-likeness (QED) is 0.474. The first-order chi connectivity index (χ1) is 5.70. The molecule has 0 N–H and O–H groups in total. The molecule has 12 heavy (non-hydrogen) atoms. The molecular weight excluding hydrogens is 154 g/mol. The molecular formula is C9H13NO2. The average Bonchev–Trinajstić information content (AvgIpc) is 2.02. The SMILES string of the molecule is CCOC(=O)CC/C(C)=C/C#N. The second kappa shape index (κ2) is 6.41. The molecule has 3 heteroatoms. The van der Waals surface area contributed by atoms with E-state index in [1.54, 1.807) is 6.92 Å². The minimum Gasteiger partial charge on any atom is -0.466 e. The fourth-order valence-electron chi connectivity index (χ4n) is 0.715.